The van der Waals surface area contributed by atoms with Gasteiger partial charge >= 0.3 is 0 Å². The third kappa shape index (κ3) is 0.956. The molecule has 1 heterocycles. The van der Waals surface area contributed by atoms with E-state index in [-0.39, 0.29) is 0 Å². The van der Waals surface area contributed by atoms with Crippen molar-refractivity contribution in [2.45, 2.75) is 0 Å². The van der Waals surface area contributed by atoms with Crippen LogP contribution in [0.3, 0.4) is 0 Å². The molecule has 0 amide bonds. The van der Waals surface area contributed by atoms with E-state index in [1.165, 1.54) is 23.8 Å². The third-order valence-corrected chi connectivity index (χ3v) is 2.29. The Kier molecular flexibility index (Phi) is 1.44. The summed E-state index contributed by atoms with van der Waals surface area (Å²) in [5.41, 5.74) is 3.57. The largest absolute Gasteiger partial charge is 0.225 e. The summed E-state index contributed by atoms with van der Waals surface area (Å²) in [6, 6.07) is 8.21. The van der Waals surface area contributed by atoms with E-state index in [1.807, 2.05) is 12.1 Å². The first-order chi connectivity index (χ1) is 6.95. The molecular weight excluding hydrogens is 174 g/mol. The monoisotopic (exact) mass is 181 g/mol. The van der Waals surface area contributed by atoms with Gasteiger partial charge in [0.2, 0.25) is 0 Å². The van der Waals surface area contributed by atoms with Crippen LogP contribution in [0.5, 0.6) is 0 Å². The molecule has 1 aliphatic rings. The summed E-state index contributed by atoms with van der Waals surface area (Å²) in [5, 5.41) is 0. The summed E-state index contributed by atoms with van der Waals surface area (Å²) in [6.07, 6.45) is 5.12. The van der Waals surface area contributed by atoms with Crippen LogP contribution in [0.1, 0.15) is 17.0 Å². The van der Waals surface area contributed by atoms with Crippen molar-refractivity contribution in [3.8, 4) is 0 Å². The van der Waals surface area contributed by atoms with Gasteiger partial charge in [-0.3, -0.25) is 0 Å². The van der Waals surface area contributed by atoms with Gasteiger partial charge in [0.1, 0.15) is 12.7 Å². The number of hydrogen-bond acceptors (Lipinski definition) is 3. The van der Waals surface area contributed by atoms with Crippen molar-refractivity contribution in [2.75, 3.05) is 0 Å². The summed E-state index contributed by atoms with van der Waals surface area (Å²) in [5.74, 6) is 0.749. The number of benzene rings is 1. The average Bonchev–Trinajstić information content (AvgIpc) is 2.22. The van der Waals surface area contributed by atoms with Gasteiger partial charge < -0.3 is 0 Å². The zero-order chi connectivity index (χ0) is 9.38. The van der Waals surface area contributed by atoms with Crippen molar-refractivity contribution in [2.24, 2.45) is 0 Å². The van der Waals surface area contributed by atoms with Crippen molar-refractivity contribution < 1.29 is 0 Å². The molecule has 0 saturated carbocycles. The molecule has 0 atom stereocenters. The van der Waals surface area contributed by atoms with Crippen LogP contribution in [0.25, 0.3) is 11.6 Å². The Hall–Kier alpha value is -2.03. The summed E-state index contributed by atoms with van der Waals surface area (Å²) >= 11 is 0. The van der Waals surface area contributed by atoms with E-state index in [1.54, 1.807) is 0 Å². The fourth-order valence-electron chi connectivity index (χ4n) is 1.59. The van der Waals surface area contributed by atoms with Gasteiger partial charge in [-0.2, -0.15) is 0 Å². The van der Waals surface area contributed by atoms with Gasteiger partial charge in [0.05, 0.1) is 0 Å². The molecule has 3 heteroatoms. The van der Waals surface area contributed by atoms with Crippen molar-refractivity contribution in [3.05, 3.63) is 53.9 Å². The normalized spacial score (nSPS) is 12.7. The van der Waals surface area contributed by atoms with Gasteiger partial charge in [-0.15, -0.1) is 0 Å². The van der Waals surface area contributed by atoms with Crippen molar-refractivity contribution in [1.82, 2.24) is 15.0 Å². The highest BCUT2D eigenvalue weighted by Crippen LogP contribution is 2.34. The molecule has 0 unspecified atom stereocenters. The SMILES string of the molecule is C1=C(c2ncncn2)c2ccccc21. The first-order valence-corrected chi connectivity index (χ1v) is 4.38. The van der Waals surface area contributed by atoms with Gasteiger partial charge in [-0.1, -0.05) is 24.3 Å². The van der Waals surface area contributed by atoms with E-state index in [0.717, 1.165) is 11.4 Å². The maximum absolute atomic E-state index is 4.11. The van der Waals surface area contributed by atoms with E-state index >= 15 is 0 Å². The van der Waals surface area contributed by atoms with Gasteiger partial charge in [0.15, 0.2) is 5.82 Å². The third-order valence-electron chi connectivity index (χ3n) is 2.29. The van der Waals surface area contributed by atoms with Crippen LogP contribution in [0.15, 0.2) is 36.9 Å². The van der Waals surface area contributed by atoms with Crippen LogP contribution in [-0.2, 0) is 0 Å². The molecule has 2 aromatic rings. The smallest absolute Gasteiger partial charge is 0.163 e. The van der Waals surface area contributed by atoms with E-state index in [4.69, 9.17) is 0 Å². The molecule has 66 valence electrons. The molecule has 14 heavy (non-hydrogen) atoms. The summed E-state index contributed by atoms with van der Waals surface area (Å²) in [4.78, 5) is 12.0. The van der Waals surface area contributed by atoms with Gasteiger partial charge in [0.25, 0.3) is 0 Å². The number of hydrogen-bond donors (Lipinski definition) is 0. The van der Waals surface area contributed by atoms with Gasteiger partial charge in [-0.05, 0) is 17.2 Å². The lowest BCUT2D eigenvalue weighted by Gasteiger charge is -2.17. The highest BCUT2D eigenvalue weighted by atomic mass is 15.0. The summed E-state index contributed by atoms with van der Waals surface area (Å²) in [7, 11) is 0. The minimum absolute atomic E-state index is 0.749. The fraction of sp³-hybridized carbons (Fsp3) is 0. The van der Waals surface area contributed by atoms with Crippen LogP contribution < -0.4 is 0 Å². The van der Waals surface area contributed by atoms with E-state index in [9.17, 15) is 0 Å². The van der Waals surface area contributed by atoms with Crippen LogP contribution >= 0.6 is 0 Å². The minimum atomic E-state index is 0.749. The van der Waals surface area contributed by atoms with Crippen molar-refractivity contribution in [3.63, 3.8) is 0 Å². The first kappa shape index (κ1) is 7.38. The van der Waals surface area contributed by atoms with Crippen molar-refractivity contribution in [1.29, 1.82) is 0 Å². The highest BCUT2D eigenvalue weighted by Gasteiger charge is 2.18. The second-order valence-corrected chi connectivity index (χ2v) is 3.11. The van der Waals surface area contributed by atoms with E-state index in [2.05, 4.69) is 33.2 Å². The van der Waals surface area contributed by atoms with Crippen LogP contribution in [0, 0.1) is 0 Å². The topological polar surface area (TPSA) is 38.7 Å². The zero-order valence-corrected chi connectivity index (χ0v) is 7.38. The second-order valence-electron chi connectivity index (χ2n) is 3.11. The minimum Gasteiger partial charge on any atom is -0.225 e. The summed E-state index contributed by atoms with van der Waals surface area (Å²) in [6.45, 7) is 0. The molecule has 1 aliphatic carbocycles. The van der Waals surface area contributed by atoms with Gasteiger partial charge in [-0.25, -0.2) is 15.0 Å². The Morgan fingerprint density at radius 1 is 0.929 bits per heavy atom. The summed E-state index contributed by atoms with van der Waals surface area (Å²) < 4.78 is 0. The lowest BCUT2D eigenvalue weighted by Crippen LogP contribution is -2.03. The molecule has 0 N–H and O–H groups in total. The average molecular weight is 181 g/mol. The lowest BCUT2D eigenvalue weighted by molar-refractivity contribution is 1.01. The molecule has 0 fully saturated rings. The standard InChI is InChI=1S/C11H7N3/c1-2-4-9-8(3-1)5-10(9)11-13-6-12-7-14-11/h1-7H. The first-order valence-electron chi connectivity index (χ1n) is 4.38. The zero-order valence-electron chi connectivity index (χ0n) is 7.38. The maximum atomic E-state index is 4.11. The molecule has 0 radical (unpaired) electrons. The molecule has 1 aromatic carbocycles. The van der Waals surface area contributed by atoms with Crippen molar-refractivity contribution >= 4 is 11.6 Å². The van der Waals surface area contributed by atoms with Crippen LogP contribution in [0.4, 0.5) is 0 Å². The number of nitrogens with zero attached hydrogens (tertiary/aromatic N) is 3. The fourth-order valence-corrected chi connectivity index (χ4v) is 1.59. The van der Waals surface area contributed by atoms with Crippen LogP contribution in [-0.4, -0.2) is 15.0 Å². The van der Waals surface area contributed by atoms with E-state index < -0.39 is 0 Å². The number of aromatic nitrogens is 3. The number of fused-ring (bicyclic) bond motifs is 1. The molecule has 0 saturated heterocycles. The lowest BCUT2D eigenvalue weighted by atomic mass is 9.88. The quantitative estimate of drug-likeness (QED) is 0.574. The molecule has 0 spiro atoms. The predicted octanol–water partition coefficient (Wildman–Crippen LogP) is 1.77. The second kappa shape index (κ2) is 2.73. The Balaban J connectivity index is 2.07. The molecule has 3 rings (SSSR count). The number of rotatable bonds is 1. The molecule has 0 bridgehead atoms. The Morgan fingerprint density at radius 3 is 2.50 bits per heavy atom. The molecule has 3 nitrogen and oxygen atoms in total. The van der Waals surface area contributed by atoms with Gasteiger partial charge in [0, 0.05) is 5.57 Å². The Morgan fingerprint density at radius 2 is 1.71 bits per heavy atom. The predicted molar refractivity (Wildman–Crippen MR) is 53.2 cm³/mol. The highest BCUT2D eigenvalue weighted by molar-refractivity contribution is 6.01. The molecule has 0 aliphatic heterocycles. The maximum Gasteiger partial charge on any atom is 0.163 e. The Bertz CT molecular complexity index is 503. The molecule has 1 aromatic heterocycles. The van der Waals surface area contributed by atoms with E-state index in [0.29, 0.717) is 0 Å². The molecular formula is C11H7N3. The Labute approximate surface area is 81.2 Å². The van der Waals surface area contributed by atoms with Crippen LogP contribution in [0.2, 0.25) is 0 Å².